The molecule has 0 amide bonds. The molecule has 0 aliphatic heterocycles. The molecule has 0 spiro atoms. The lowest BCUT2D eigenvalue weighted by molar-refractivity contribution is -0.0285. The number of hydrogen-bond donors (Lipinski definition) is 1. The minimum Gasteiger partial charge on any atom is -0.496 e. The van der Waals surface area contributed by atoms with Crippen LogP contribution in [-0.4, -0.2) is 26.9 Å². The fourth-order valence-corrected chi connectivity index (χ4v) is 2.37. The van der Waals surface area contributed by atoms with Crippen molar-refractivity contribution in [2.24, 2.45) is 0 Å². The second kappa shape index (κ2) is 6.41. The summed E-state index contributed by atoms with van der Waals surface area (Å²) in [7, 11) is 5.30. The average Bonchev–Trinajstić information content (AvgIpc) is 2.39. The Morgan fingerprint density at radius 2 is 2.06 bits per heavy atom. The molecule has 2 atom stereocenters. The number of hydrogen-bond acceptors (Lipinski definition) is 3. The van der Waals surface area contributed by atoms with Crippen LogP contribution in [0.15, 0.2) is 18.2 Å². The molecule has 1 aromatic rings. The van der Waals surface area contributed by atoms with Crippen LogP contribution in [0.2, 0.25) is 5.02 Å². The van der Waals surface area contributed by atoms with Crippen LogP contribution in [0.5, 0.6) is 5.75 Å². The number of methoxy groups -OCH3 is 2. The summed E-state index contributed by atoms with van der Waals surface area (Å²) in [5, 5.41) is 3.99. The molecule has 0 heterocycles. The first-order valence-electron chi connectivity index (χ1n) is 6.08. The van der Waals surface area contributed by atoms with Crippen molar-refractivity contribution < 1.29 is 9.47 Å². The summed E-state index contributed by atoms with van der Waals surface area (Å²) in [5.74, 6) is 0.815. The molecule has 0 radical (unpaired) electrons. The summed E-state index contributed by atoms with van der Waals surface area (Å²) in [6.07, 6.45) is 0.880. The standard InChI is InChI=1S/C14H22ClNO2/c1-6-14(2,18-5)13(16-3)11-9-10(15)7-8-12(11)17-4/h7-9,13,16H,6H2,1-5H3. The SMILES string of the molecule is CCC(C)(OC)C(NC)c1cc(Cl)ccc1OC. The van der Waals surface area contributed by atoms with Gasteiger partial charge in [0.1, 0.15) is 5.75 Å². The Bertz CT molecular complexity index is 391. The summed E-state index contributed by atoms with van der Waals surface area (Å²) in [4.78, 5) is 0. The second-order valence-corrected chi connectivity index (χ2v) is 4.91. The van der Waals surface area contributed by atoms with E-state index in [0.717, 1.165) is 17.7 Å². The van der Waals surface area contributed by atoms with Gasteiger partial charge in [-0.1, -0.05) is 18.5 Å². The van der Waals surface area contributed by atoms with Gasteiger partial charge in [0.25, 0.3) is 0 Å². The van der Waals surface area contributed by atoms with Crippen molar-refractivity contribution in [3.8, 4) is 5.75 Å². The number of rotatable bonds is 6. The van der Waals surface area contributed by atoms with Gasteiger partial charge in [-0.25, -0.2) is 0 Å². The van der Waals surface area contributed by atoms with Gasteiger partial charge in [0.2, 0.25) is 0 Å². The highest BCUT2D eigenvalue weighted by Gasteiger charge is 2.34. The smallest absolute Gasteiger partial charge is 0.123 e. The molecule has 2 unspecified atom stereocenters. The van der Waals surface area contributed by atoms with Gasteiger partial charge in [-0.2, -0.15) is 0 Å². The molecule has 0 aromatic heterocycles. The lowest BCUT2D eigenvalue weighted by atomic mass is 9.87. The zero-order valence-electron chi connectivity index (χ0n) is 11.7. The van der Waals surface area contributed by atoms with E-state index < -0.39 is 0 Å². The average molecular weight is 272 g/mol. The van der Waals surface area contributed by atoms with E-state index in [0.29, 0.717) is 5.02 Å². The number of halogens is 1. The number of benzene rings is 1. The molecule has 0 saturated carbocycles. The van der Waals surface area contributed by atoms with Crippen molar-refractivity contribution >= 4 is 11.6 Å². The van der Waals surface area contributed by atoms with Gasteiger partial charge in [0.05, 0.1) is 18.8 Å². The Kier molecular flexibility index (Phi) is 5.45. The monoisotopic (exact) mass is 271 g/mol. The first-order valence-corrected chi connectivity index (χ1v) is 6.46. The third-order valence-corrected chi connectivity index (χ3v) is 3.81. The summed E-state index contributed by atoms with van der Waals surface area (Å²) in [6.45, 7) is 4.18. The Balaban J connectivity index is 3.27. The molecule has 1 N–H and O–H groups in total. The van der Waals surface area contributed by atoms with Gasteiger partial charge < -0.3 is 14.8 Å². The molecule has 0 bridgehead atoms. The van der Waals surface area contributed by atoms with Crippen LogP contribution in [0, 0.1) is 0 Å². The molecule has 3 nitrogen and oxygen atoms in total. The summed E-state index contributed by atoms with van der Waals surface area (Å²) >= 11 is 6.09. The molecule has 0 saturated heterocycles. The molecule has 0 aliphatic rings. The molecule has 102 valence electrons. The zero-order chi connectivity index (χ0) is 13.8. The van der Waals surface area contributed by atoms with Gasteiger partial charge in [-0.05, 0) is 38.6 Å². The largest absolute Gasteiger partial charge is 0.496 e. The highest BCUT2D eigenvalue weighted by Crippen LogP contribution is 2.37. The molecule has 0 fully saturated rings. The second-order valence-electron chi connectivity index (χ2n) is 4.48. The Hall–Kier alpha value is -0.770. The molecule has 18 heavy (non-hydrogen) atoms. The minimum atomic E-state index is -0.313. The Morgan fingerprint density at radius 3 is 2.50 bits per heavy atom. The van der Waals surface area contributed by atoms with Crippen LogP contribution < -0.4 is 10.1 Å². The lowest BCUT2D eigenvalue weighted by Crippen LogP contribution is -2.41. The van der Waals surface area contributed by atoms with Crippen LogP contribution >= 0.6 is 11.6 Å². The van der Waals surface area contributed by atoms with Gasteiger partial charge in [-0.3, -0.25) is 0 Å². The zero-order valence-corrected chi connectivity index (χ0v) is 12.5. The number of likely N-dealkylation sites (N-methyl/N-ethyl adjacent to an activating group) is 1. The molecule has 1 aromatic carbocycles. The van der Waals surface area contributed by atoms with E-state index in [1.54, 1.807) is 14.2 Å². The third kappa shape index (κ3) is 2.97. The van der Waals surface area contributed by atoms with Crippen LogP contribution in [-0.2, 0) is 4.74 Å². The predicted molar refractivity (Wildman–Crippen MR) is 75.5 cm³/mol. The van der Waals surface area contributed by atoms with E-state index in [1.807, 2.05) is 25.2 Å². The predicted octanol–water partition coefficient (Wildman–Crippen LogP) is 3.42. The number of ether oxygens (including phenoxy) is 2. The van der Waals surface area contributed by atoms with Crippen molar-refractivity contribution in [1.82, 2.24) is 5.32 Å². The molecule has 4 heteroatoms. The molecular weight excluding hydrogens is 250 g/mol. The van der Waals surface area contributed by atoms with Crippen LogP contribution in [0.25, 0.3) is 0 Å². The van der Waals surface area contributed by atoms with Crippen LogP contribution in [0.4, 0.5) is 0 Å². The van der Waals surface area contributed by atoms with Crippen molar-refractivity contribution in [2.45, 2.75) is 31.9 Å². The Labute approximate surface area is 114 Å². The van der Waals surface area contributed by atoms with Crippen LogP contribution in [0.1, 0.15) is 31.9 Å². The molecule has 0 aliphatic carbocycles. The van der Waals surface area contributed by atoms with Crippen LogP contribution in [0.3, 0.4) is 0 Å². The summed E-state index contributed by atoms with van der Waals surface area (Å²) < 4.78 is 11.1. The van der Waals surface area contributed by atoms with Crippen molar-refractivity contribution in [3.63, 3.8) is 0 Å². The summed E-state index contributed by atoms with van der Waals surface area (Å²) in [5.41, 5.74) is 0.700. The quantitative estimate of drug-likeness (QED) is 0.860. The van der Waals surface area contributed by atoms with Crippen molar-refractivity contribution in [3.05, 3.63) is 28.8 Å². The van der Waals surface area contributed by atoms with E-state index in [9.17, 15) is 0 Å². The highest BCUT2D eigenvalue weighted by atomic mass is 35.5. The normalized spacial score (nSPS) is 16.1. The fourth-order valence-electron chi connectivity index (χ4n) is 2.19. The summed E-state index contributed by atoms with van der Waals surface area (Å²) in [6, 6.07) is 5.65. The first kappa shape index (κ1) is 15.3. The van der Waals surface area contributed by atoms with Crippen molar-refractivity contribution in [1.29, 1.82) is 0 Å². The maximum absolute atomic E-state index is 6.09. The van der Waals surface area contributed by atoms with Crippen molar-refractivity contribution in [2.75, 3.05) is 21.3 Å². The fraction of sp³-hybridized carbons (Fsp3) is 0.571. The topological polar surface area (TPSA) is 30.5 Å². The third-order valence-electron chi connectivity index (χ3n) is 3.57. The maximum atomic E-state index is 6.09. The lowest BCUT2D eigenvalue weighted by Gasteiger charge is -2.36. The van der Waals surface area contributed by atoms with E-state index in [2.05, 4.69) is 19.2 Å². The van der Waals surface area contributed by atoms with Gasteiger partial charge in [0, 0.05) is 17.7 Å². The maximum Gasteiger partial charge on any atom is 0.123 e. The van der Waals surface area contributed by atoms with Gasteiger partial charge >= 0.3 is 0 Å². The van der Waals surface area contributed by atoms with Gasteiger partial charge in [0.15, 0.2) is 0 Å². The Morgan fingerprint density at radius 1 is 1.39 bits per heavy atom. The molecular formula is C14H22ClNO2. The van der Waals surface area contributed by atoms with E-state index in [4.69, 9.17) is 21.1 Å². The van der Waals surface area contributed by atoms with E-state index >= 15 is 0 Å². The minimum absolute atomic E-state index is 0.0150. The highest BCUT2D eigenvalue weighted by molar-refractivity contribution is 6.30. The van der Waals surface area contributed by atoms with E-state index in [-0.39, 0.29) is 11.6 Å². The van der Waals surface area contributed by atoms with Gasteiger partial charge in [-0.15, -0.1) is 0 Å². The van der Waals surface area contributed by atoms with E-state index in [1.165, 1.54) is 0 Å². The first-order chi connectivity index (χ1) is 8.52. The number of nitrogens with one attached hydrogen (secondary N) is 1. The molecule has 1 rings (SSSR count).